The van der Waals surface area contributed by atoms with Gasteiger partial charge in [-0.1, -0.05) is 104 Å². The summed E-state index contributed by atoms with van der Waals surface area (Å²) in [6.07, 6.45) is 23.9. The molecule has 0 aromatic heterocycles. The second-order valence-electron chi connectivity index (χ2n) is 8.57. The predicted octanol–water partition coefficient (Wildman–Crippen LogP) is 8.27. The van der Waals surface area contributed by atoms with Gasteiger partial charge in [-0.05, 0) is 32.1 Å². The molecule has 0 spiro atoms. The van der Waals surface area contributed by atoms with Crippen LogP contribution in [0.15, 0.2) is 0 Å². The van der Waals surface area contributed by atoms with E-state index >= 15 is 0 Å². The number of quaternary nitrogens is 1. The number of hydrogen-bond acceptors (Lipinski definition) is 1. The van der Waals surface area contributed by atoms with Gasteiger partial charge in [-0.25, -0.2) is 5.21 Å². The van der Waals surface area contributed by atoms with Crippen molar-refractivity contribution in [2.45, 2.75) is 136 Å². The van der Waals surface area contributed by atoms with Crippen molar-refractivity contribution in [3.05, 3.63) is 0 Å². The highest BCUT2D eigenvalue weighted by Crippen LogP contribution is 2.15. The summed E-state index contributed by atoms with van der Waals surface area (Å²) in [5.74, 6) is 0. The molecular formula is C24H52NO+. The molecule has 0 radical (unpaired) electrons. The molecule has 0 atom stereocenters. The van der Waals surface area contributed by atoms with E-state index in [0.717, 1.165) is 26.1 Å². The van der Waals surface area contributed by atoms with Crippen LogP contribution in [0.2, 0.25) is 0 Å². The molecule has 26 heavy (non-hydrogen) atoms. The molecule has 2 nitrogen and oxygen atoms in total. The first-order valence-electron chi connectivity index (χ1n) is 12.3. The van der Waals surface area contributed by atoms with Gasteiger partial charge in [-0.3, -0.25) is 0 Å². The number of hydroxylamine groups is 3. The van der Waals surface area contributed by atoms with E-state index in [1.165, 1.54) is 109 Å². The molecule has 2 heteroatoms. The SMILES string of the molecule is CCCCCCCCCC[N+](O)(CCCC)CCCCCCCCCC. The molecular weight excluding hydrogens is 318 g/mol. The molecule has 0 aromatic carbocycles. The lowest BCUT2D eigenvalue weighted by molar-refractivity contribution is -1.10. The van der Waals surface area contributed by atoms with Crippen molar-refractivity contribution in [2.24, 2.45) is 0 Å². The van der Waals surface area contributed by atoms with Crippen LogP contribution in [0, 0.1) is 0 Å². The van der Waals surface area contributed by atoms with Crippen LogP contribution in [0.5, 0.6) is 0 Å². The van der Waals surface area contributed by atoms with Crippen molar-refractivity contribution in [3.8, 4) is 0 Å². The zero-order chi connectivity index (χ0) is 19.3. The Bertz CT molecular complexity index is 247. The van der Waals surface area contributed by atoms with Gasteiger partial charge in [-0.2, -0.15) is 4.65 Å². The highest BCUT2D eigenvalue weighted by Gasteiger charge is 2.23. The van der Waals surface area contributed by atoms with Crippen LogP contribution >= 0.6 is 0 Å². The van der Waals surface area contributed by atoms with Crippen LogP contribution in [0.25, 0.3) is 0 Å². The first-order chi connectivity index (χ1) is 12.7. The van der Waals surface area contributed by atoms with Gasteiger partial charge in [-0.15, -0.1) is 0 Å². The molecule has 0 heterocycles. The number of unbranched alkanes of at least 4 members (excludes halogenated alkanes) is 15. The van der Waals surface area contributed by atoms with Gasteiger partial charge in [0.05, 0.1) is 0 Å². The maximum absolute atomic E-state index is 11.0. The fourth-order valence-electron chi connectivity index (χ4n) is 3.87. The van der Waals surface area contributed by atoms with Crippen molar-refractivity contribution in [1.29, 1.82) is 0 Å². The maximum atomic E-state index is 11.0. The van der Waals surface area contributed by atoms with Gasteiger partial charge in [0.25, 0.3) is 0 Å². The van der Waals surface area contributed by atoms with Gasteiger partial charge < -0.3 is 0 Å². The lowest BCUT2D eigenvalue weighted by Crippen LogP contribution is -2.47. The summed E-state index contributed by atoms with van der Waals surface area (Å²) >= 11 is 0. The molecule has 0 aliphatic carbocycles. The molecule has 0 amide bonds. The summed E-state index contributed by atoms with van der Waals surface area (Å²) in [6, 6.07) is 0. The summed E-state index contributed by atoms with van der Waals surface area (Å²) in [4.78, 5) is 0. The Morgan fingerprint density at radius 3 is 1.00 bits per heavy atom. The first kappa shape index (κ1) is 25.9. The molecule has 0 unspecified atom stereocenters. The van der Waals surface area contributed by atoms with E-state index in [4.69, 9.17) is 0 Å². The molecule has 0 aromatic rings. The molecule has 0 saturated heterocycles. The van der Waals surface area contributed by atoms with Gasteiger partial charge in [0.15, 0.2) is 0 Å². The Kier molecular flexibility index (Phi) is 19.6. The summed E-state index contributed by atoms with van der Waals surface area (Å²) in [6.45, 7) is 9.71. The van der Waals surface area contributed by atoms with E-state index in [2.05, 4.69) is 20.8 Å². The van der Waals surface area contributed by atoms with E-state index in [-0.39, 0.29) is 0 Å². The van der Waals surface area contributed by atoms with Gasteiger partial charge >= 0.3 is 0 Å². The number of hydrogen-bond donors (Lipinski definition) is 1. The van der Waals surface area contributed by atoms with Crippen LogP contribution < -0.4 is 0 Å². The monoisotopic (exact) mass is 370 g/mol. The fourth-order valence-corrected chi connectivity index (χ4v) is 3.87. The van der Waals surface area contributed by atoms with Crippen LogP contribution in [0.4, 0.5) is 0 Å². The molecule has 0 aliphatic rings. The molecule has 1 N–H and O–H groups in total. The minimum Gasteiger partial charge on any atom is -0.217 e. The topological polar surface area (TPSA) is 20.2 Å². The van der Waals surface area contributed by atoms with E-state index in [1.54, 1.807) is 0 Å². The molecule has 0 rings (SSSR count). The summed E-state index contributed by atoms with van der Waals surface area (Å²) < 4.78 is 0.347. The third-order valence-electron chi connectivity index (χ3n) is 5.78. The normalized spacial score (nSPS) is 12.0. The van der Waals surface area contributed by atoms with E-state index < -0.39 is 0 Å². The second kappa shape index (κ2) is 19.7. The molecule has 158 valence electrons. The Hall–Kier alpha value is -0.0800. The average molecular weight is 371 g/mol. The van der Waals surface area contributed by atoms with E-state index in [1.807, 2.05) is 0 Å². The number of nitrogens with zero attached hydrogens (tertiary/aromatic N) is 1. The Balaban J connectivity index is 3.78. The largest absolute Gasteiger partial charge is 0.217 e. The zero-order valence-electron chi connectivity index (χ0n) is 18.7. The zero-order valence-corrected chi connectivity index (χ0v) is 18.7. The van der Waals surface area contributed by atoms with Gasteiger partial charge in [0.1, 0.15) is 19.6 Å². The maximum Gasteiger partial charge on any atom is 0.109 e. The Morgan fingerprint density at radius 1 is 0.385 bits per heavy atom. The lowest BCUT2D eigenvalue weighted by atomic mass is 10.1. The average Bonchev–Trinajstić information content (AvgIpc) is 2.64. The minimum atomic E-state index is 0.347. The van der Waals surface area contributed by atoms with Crippen LogP contribution in [0.1, 0.15) is 136 Å². The van der Waals surface area contributed by atoms with Crippen LogP contribution in [-0.4, -0.2) is 29.5 Å². The van der Waals surface area contributed by atoms with Crippen molar-refractivity contribution in [3.63, 3.8) is 0 Å². The van der Waals surface area contributed by atoms with Crippen LogP contribution in [-0.2, 0) is 0 Å². The lowest BCUT2D eigenvalue weighted by Gasteiger charge is -2.30. The van der Waals surface area contributed by atoms with Crippen molar-refractivity contribution in [1.82, 2.24) is 0 Å². The summed E-state index contributed by atoms with van der Waals surface area (Å²) in [7, 11) is 0. The highest BCUT2D eigenvalue weighted by molar-refractivity contribution is 4.49. The van der Waals surface area contributed by atoms with Crippen molar-refractivity contribution < 1.29 is 9.85 Å². The summed E-state index contributed by atoms with van der Waals surface area (Å²) in [5, 5.41) is 11.0. The Morgan fingerprint density at radius 2 is 0.654 bits per heavy atom. The predicted molar refractivity (Wildman–Crippen MR) is 117 cm³/mol. The quantitative estimate of drug-likeness (QED) is 0.122. The minimum absolute atomic E-state index is 0.347. The number of rotatable bonds is 21. The smallest absolute Gasteiger partial charge is 0.109 e. The van der Waals surface area contributed by atoms with E-state index in [9.17, 15) is 5.21 Å². The van der Waals surface area contributed by atoms with Crippen molar-refractivity contribution in [2.75, 3.05) is 19.6 Å². The van der Waals surface area contributed by atoms with E-state index in [0.29, 0.717) is 4.65 Å². The van der Waals surface area contributed by atoms with Gasteiger partial charge in [0.2, 0.25) is 0 Å². The third-order valence-corrected chi connectivity index (χ3v) is 5.78. The highest BCUT2D eigenvalue weighted by atomic mass is 16.5. The molecule has 0 bridgehead atoms. The molecule has 0 saturated carbocycles. The summed E-state index contributed by atoms with van der Waals surface area (Å²) in [5.41, 5.74) is 0. The molecule has 0 aliphatic heterocycles. The van der Waals surface area contributed by atoms with Gasteiger partial charge in [0, 0.05) is 0 Å². The fraction of sp³-hybridized carbons (Fsp3) is 1.00. The third kappa shape index (κ3) is 17.3. The second-order valence-corrected chi connectivity index (χ2v) is 8.57. The van der Waals surface area contributed by atoms with Crippen molar-refractivity contribution >= 4 is 0 Å². The Labute approximate surface area is 166 Å². The standard InChI is InChI=1S/C24H52NO/c1-4-7-10-12-14-16-18-20-23-25(26,22-9-6-3)24-21-19-17-15-13-11-8-5-2/h26H,4-24H2,1-3H3/q+1. The first-order valence-corrected chi connectivity index (χ1v) is 12.3. The van der Waals surface area contributed by atoms with Crippen LogP contribution in [0.3, 0.4) is 0 Å². The molecule has 0 fully saturated rings.